The fourth-order valence-corrected chi connectivity index (χ4v) is 2.86. The number of thiophene rings is 1. The molecule has 0 saturated heterocycles. The highest BCUT2D eigenvalue weighted by Gasteiger charge is 2.21. The normalized spacial score (nSPS) is 11.1. The summed E-state index contributed by atoms with van der Waals surface area (Å²) in [6.07, 6.45) is 0. The van der Waals surface area contributed by atoms with Crippen LogP contribution in [-0.2, 0) is 5.41 Å². The molecule has 0 atom stereocenters. The van der Waals surface area contributed by atoms with Crippen molar-refractivity contribution in [1.29, 1.82) is 5.26 Å². The van der Waals surface area contributed by atoms with Gasteiger partial charge in [0.1, 0.15) is 6.07 Å². The maximum atomic E-state index is 8.84. The second-order valence-electron chi connectivity index (χ2n) is 5.02. The maximum Gasteiger partial charge on any atom is 0.101 e. The van der Waals surface area contributed by atoms with Crippen molar-refractivity contribution in [1.82, 2.24) is 0 Å². The number of hydrogen-bond acceptors (Lipinski definition) is 3. The molecule has 0 unspecified atom stereocenters. The average molecular weight is 291 g/mol. The number of benzene rings is 1. The first kappa shape index (κ1) is 13.9. The summed E-state index contributed by atoms with van der Waals surface area (Å²) in [5.41, 5.74) is 1.51. The Kier molecular flexibility index (Phi) is 4.14. The van der Waals surface area contributed by atoms with E-state index in [0.29, 0.717) is 10.6 Å². The molecule has 0 saturated carbocycles. The Morgan fingerprint density at radius 1 is 1.37 bits per heavy atom. The van der Waals surface area contributed by atoms with Gasteiger partial charge < -0.3 is 5.32 Å². The van der Waals surface area contributed by atoms with Gasteiger partial charge in [-0.3, -0.25) is 0 Å². The molecule has 0 aliphatic rings. The van der Waals surface area contributed by atoms with Crippen molar-refractivity contribution in [2.24, 2.45) is 0 Å². The van der Waals surface area contributed by atoms with Crippen molar-refractivity contribution in [3.63, 3.8) is 0 Å². The first-order valence-corrected chi connectivity index (χ1v) is 7.26. The number of rotatable bonds is 4. The quantitative estimate of drug-likeness (QED) is 0.889. The third-order valence-electron chi connectivity index (χ3n) is 3.01. The predicted molar refractivity (Wildman–Crippen MR) is 82.0 cm³/mol. The number of nitriles is 1. The van der Waals surface area contributed by atoms with E-state index in [1.807, 2.05) is 6.07 Å². The van der Waals surface area contributed by atoms with Crippen LogP contribution in [0.15, 0.2) is 35.7 Å². The van der Waals surface area contributed by atoms with Gasteiger partial charge in [-0.05, 0) is 29.6 Å². The fourth-order valence-electron chi connectivity index (χ4n) is 1.79. The van der Waals surface area contributed by atoms with Crippen LogP contribution in [0.5, 0.6) is 0 Å². The van der Waals surface area contributed by atoms with Crippen LogP contribution in [0.1, 0.15) is 24.3 Å². The van der Waals surface area contributed by atoms with Crippen molar-refractivity contribution in [2.45, 2.75) is 19.3 Å². The standard InChI is InChI=1S/C15H15ClN2S/c1-15(2,14-4-3-7-19-14)10-18-12-6-5-11(9-17)13(16)8-12/h3-8,18H,10H2,1-2H3. The highest BCUT2D eigenvalue weighted by atomic mass is 35.5. The second kappa shape index (κ2) is 5.64. The zero-order valence-electron chi connectivity index (χ0n) is 10.9. The Morgan fingerprint density at radius 2 is 2.16 bits per heavy atom. The van der Waals surface area contributed by atoms with Crippen LogP contribution in [0.3, 0.4) is 0 Å². The largest absolute Gasteiger partial charge is 0.384 e. The van der Waals surface area contributed by atoms with Crippen LogP contribution >= 0.6 is 22.9 Å². The molecule has 1 N–H and O–H groups in total. The van der Waals surface area contributed by atoms with Crippen LogP contribution in [0.4, 0.5) is 5.69 Å². The summed E-state index contributed by atoms with van der Waals surface area (Å²) in [6.45, 7) is 5.23. The van der Waals surface area contributed by atoms with Gasteiger partial charge >= 0.3 is 0 Å². The van der Waals surface area contributed by atoms with E-state index in [0.717, 1.165) is 12.2 Å². The van der Waals surface area contributed by atoms with Crippen LogP contribution in [-0.4, -0.2) is 6.54 Å². The summed E-state index contributed by atoms with van der Waals surface area (Å²) in [5, 5.41) is 14.8. The molecule has 0 fully saturated rings. The van der Waals surface area contributed by atoms with Gasteiger partial charge in [-0.15, -0.1) is 11.3 Å². The van der Waals surface area contributed by atoms with Gasteiger partial charge in [-0.25, -0.2) is 0 Å². The number of halogens is 1. The zero-order chi connectivity index (χ0) is 13.9. The van der Waals surface area contributed by atoms with E-state index in [1.165, 1.54) is 4.88 Å². The monoisotopic (exact) mass is 290 g/mol. The van der Waals surface area contributed by atoms with Gasteiger partial charge in [-0.2, -0.15) is 5.26 Å². The van der Waals surface area contributed by atoms with Crippen LogP contribution < -0.4 is 5.32 Å². The molecule has 0 amide bonds. The molecule has 0 spiro atoms. The summed E-state index contributed by atoms with van der Waals surface area (Å²) in [4.78, 5) is 1.35. The topological polar surface area (TPSA) is 35.8 Å². The number of nitrogens with one attached hydrogen (secondary N) is 1. The van der Waals surface area contributed by atoms with E-state index in [9.17, 15) is 0 Å². The summed E-state index contributed by atoms with van der Waals surface area (Å²) in [7, 11) is 0. The minimum atomic E-state index is 0.0640. The van der Waals surface area contributed by atoms with Crippen molar-refractivity contribution < 1.29 is 0 Å². The Hall–Kier alpha value is -1.50. The molecule has 19 heavy (non-hydrogen) atoms. The van der Waals surface area contributed by atoms with E-state index in [2.05, 4.69) is 42.7 Å². The molecule has 2 aromatic rings. The van der Waals surface area contributed by atoms with Crippen LogP contribution in [0.2, 0.25) is 5.02 Å². The Bertz CT molecular complexity index is 597. The lowest BCUT2D eigenvalue weighted by atomic mass is 9.91. The fraction of sp³-hybridized carbons (Fsp3) is 0.267. The van der Waals surface area contributed by atoms with E-state index in [4.69, 9.17) is 16.9 Å². The summed E-state index contributed by atoms with van der Waals surface area (Å²) < 4.78 is 0. The lowest BCUT2D eigenvalue weighted by molar-refractivity contribution is 0.569. The van der Waals surface area contributed by atoms with Gasteiger partial charge in [0.25, 0.3) is 0 Å². The molecule has 1 heterocycles. The SMILES string of the molecule is CC(C)(CNc1ccc(C#N)c(Cl)c1)c1cccs1. The molecule has 2 rings (SSSR count). The number of hydrogen-bond donors (Lipinski definition) is 1. The Balaban J connectivity index is 2.07. The molecule has 1 aromatic carbocycles. The molecule has 2 nitrogen and oxygen atoms in total. The smallest absolute Gasteiger partial charge is 0.101 e. The van der Waals surface area contributed by atoms with Crippen LogP contribution in [0.25, 0.3) is 0 Å². The first-order valence-electron chi connectivity index (χ1n) is 6.00. The summed E-state index contributed by atoms with van der Waals surface area (Å²) in [5.74, 6) is 0. The first-order chi connectivity index (χ1) is 9.03. The van der Waals surface area contributed by atoms with Gasteiger partial charge in [-0.1, -0.05) is 31.5 Å². The molecular weight excluding hydrogens is 276 g/mol. The van der Waals surface area contributed by atoms with Crippen molar-refractivity contribution >= 4 is 28.6 Å². The molecule has 0 bridgehead atoms. The molecular formula is C15H15ClN2S. The van der Waals surface area contributed by atoms with Crippen molar-refractivity contribution in [3.05, 3.63) is 51.2 Å². The summed E-state index contributed by atoms with van der Waals surface area (Å²) >= 11 is 7.78. The van der Waals surface area contributed by atoms with Gasteiger partial charge in [0, 0.05) is 22.5 Å². The molecule has 4 heteroatoms. The average Bonchev–Trinajstić information content (AvgIpc) is 2.91. The van der Waals surface area contributed by atoms with Crippen LogP contribution in [0, 0.1) is 11.3 Å². The van der Waals surface area contributed by atoms with Gasteiger partial charge in [0.15, 0.2) is 0 Å². The second-order valence-corrected chi connectivity index (χ2v) is 6.38. The molecule has 98 valence electrons. The van der Waals surface area contributed by atoms with Crippen molar-refractivity contribution in [2.75, 3.05) is 11.9 Å². The Morgan fingerprint density at radius 3 is 2.74 bits per heavy atom. The molecule has 1 aromatic heterocycles. The molecule has 0 radical (unpaired) electrons. The maximum absolute atomic E-state index is 8.84. The lowest BCUT2D eigenvalue weighted by Gasteiger charge is -2.24. The number of anilines is 1. The van der Waals surface area contributed by atoms with Crippen molar-refractivity contribution in [3.8, 4) is 6.07 Å². The van der Waals surface area contributed by atoms with E-state index in [1.54, 1.807) is 23.5 Å². The highest BCUT2D eigenvalue weighted by Crippen LogP contribution is 2.28. The minimum Gasteiger partial charge on any atom is -0.384 e. The number of nitrogens with zero attached hydrogens (tertiary/aromatic N) is 1. The predicted octanol–water partition coefficient (Wildman–Crippen LogP) is 4.66. The van der Waals surface area contributed by atoms with E-state index in [-0.39, 0.29) is 5.41 Å². The highest BCUT2D eigenvalue weighted by molar-refractivity contribution is 7.10. The molecule has 0 aliphatic carbocycles. The third kappa shape index (κ3) is 3.28. The zero-order valence-corrected chi connectivity index (χ0v) is 12.5. The lowest BCUT2D eigenvalue weighted by Crippen LogP contribution is -2.26. The molecule has 0 aliphatic heterocycles. The van der Waals surface area contributed by atoms with Gasteiger partial charge in [0.05, 0.1) is 10.6 Å². The van der Waals surface area contributed by atoms with E-state index < -0.39 is 0 Å². The Labute approximate surface area is 122 Å². The van der Waals surface area contributed by atoms with E-state index >= 15 is 0 Å². The summed E-state index contributed by atoms with van der Waals surface area (Å²) in [6, 6.07) is 11.7. The van der Waals surface area contributed by atoms with Gasteiger partial charge in [0.2, 0.25) is 0 Å². The minimum absolute atomic E-state index is 0.0640. The third-order valence-corrected chi connectivity index (χ3v) is 4.56.